The quantitative estimate of drug-likeness (QED) is 0.448. The van der Waals surface area contributed by atoms with E-state index in [1.165, 1.54) is 9.91 Å². The van der Waals surface area contributed by atoms with Crippen LogP contribution < -0.4 is 4.90 Å². The van der Waals surface area contributed by atoms with Crippen LogP contribution in [-0.2, 0) is 16.1 Å². The highest BCUT2D eigenvalue weighted by Crippen LogP contribution is 2.34. The van der Waals surface area contributed by atoms with Gasteiger partial charge >= 0.3 is 0 Å². The topological polar surface area (TPSA) is 104 Å². The summed E-state index contributed by atoms with van der Waals surface area (Å²) in [7, 11) is 0. The summed E-state index contributed by atoms with van der Waals surface area (Å²) < 4.78 is 5.37. The number of thioether (sulfide) groups is 1. The fraction of sp³-hybridized carbons (Fsp3) is 0.238. The molecule has 0 aliphatic carbocycles. The van der Waals surface area contributed by atoms with Gasteiger partial charge in [0.15, 0.2) is 12.1 Å². The predicted octanol–water partition coefficient (Wildman–Crippen LogP) is 3.26. The van der Waals surface area contributed by atoms with E-state index in [4.69, 9.17) is 4.52 Å². The summed E-state index contributed by atoms with van der Waals surface area (Å²) in [6, 6.07) is 13.3. The third-order valence-corrected chi connectivity index (χ3v) is 6.05. The van der Waals surface area contributed by atoms with Gasteiger partial charge in [0.25, 0.3) is 11.8 Å². The van der Waals surface area contributed by atoms with E-state index in [-0.39, 0.29) is 18.4 Å². The molecule has 0 radical (unpaired) electrons. The second-order valence-corrected chi connectivity index (χ2v) is 8.11. The highest BCUT2D eigenvalue weighted by atomic mass is 32.2. The van der Waals surface area contributed by atoms with E-state index < -0.39 is 12.1 Å². The Morgan fingerprint density at radius 1 is 1.10 bits per heavy atom. The molecule has 1 fully saturated rings. The predicted molar refractivity (Wildman–Crippen MR) is 113 cm³/mol. The molecular formula is C21H18N6O3S. The van der Waals surface area contributed by atoms with Gasteiger partial charge in [-0.05, 0) is 36.9 Å². The zero-order valence-electron chi connectivity index (χ0n) is 16.8. The number of carbonyl (C=O) groups is 2. The molecular weight excluding hydrogens is 416 g/mol. The molecule has 0 saturated carbocycles. The molecule has 0 N–H and O–H groups in total. The van der Waals surface area contributed by atoms with Gasteiger partial charge in [-0.3, -0.25) is 14.6 Å². The third kappa shape index (κ3) is 3.28. The molecule has 10 heteroatoms. The second kappa shape index (κ2) is 7.62. The maximum absolute atomic E-state index is 13.1. The molecule has 2 unspecified atom stereocenters. The summed E-state index contributed by atoms with van der Waals surface area (Å²) in [4.78, 5) is 32.6. The van der Waals surface area contributed by atoms with Gasteiger partial charge in [-0.15, -0.1) is 11.8 Å². The molecule has 1 saturated heterocycles. The van der Waals surface area contributed by atoms with Crippen molar-refractivity contribution in [3.63, 3.8) is 0 Å². The fourth-order valence-electron chi connectivity index (χ4n) is 3.75. The van der Waals surface area contributed by atoms with E-state index in [1.54, 1.807) is 17.8 Å². The Bertz CT molecular complexity index is 1210. The molecule has 2 aliphatic heterocycles. The number of aryl methyl sites for hydroxylation is 1. The minimum Gasteiger partial charge on any atom is -0.337 e. The summed E-state index contributed by atoms with van der Waals surface area (Å²) in [6.45, 7) is 2.05. The summed E-state index contributed by atoms with van der Waals surface area (Å²) in [5.41, 5.74) is 2.42. The number of hydrogen-bond acceptors (Lipinski definition) is 9. The van der Waals surface area contributed by atoms with Crippen LogP contribution in [0.3, 0.4) is 0 Å². The van der Waals surface area contributed by atoms with Crippen LogP contribution in [0.2, 0.25) is 0 Å². The number of fused-ring (bicyclic) bond motifs is 1. The Morgan fingerprint density at radius 2 is 1.94 bits per heavy atom. The van der Waals surface area contributed by atoms with Gasteiger partial charge in [-0.25, -0.2) is 4.90 Å². The lowest BCUT2D eigenvalue weighted by Crippen LogP contribution is -2.39. The molecule has 3 heterocycles. The number of amides is 2. The first-order valence-corrected chi connectivity index (χ1v) is 10.9. The van der Waals surface area contributed by atoms with Crippen LogP contribution in [0.25, 0.3) is 11.4 Å². The van der Waals surface area contributed by atoms with Crippen molar-refractivity contribution >= 4 is 29.3 Å². The number of nitrogens with zero attached hydrogens (tertiary/aromatic N) is 6. The number of benzene rings is 2. The number of aromatic nitrogens is 2. The number of rotatable bonds is 5. The molecule has 2 atom stereocenters. The van der Waals surface area contributed by atoms with Crippen LogP contribution in [0.15, 0.2) is 68.3 Å². The molecule has 5 rings (SSSR count). The van der Waals surface area contributed by atoms with Crippen molar-refractivity contribution in [3.8, 4) is 11.4 Å². The zero-order valence-corrected chi connectivity index (χ0v) is 17.6. The first kappa shape index (κ1) is 19.4. The lowest BCUT2D eigenvalue weighted by atomic mass is 10.1. The Labute approximate surface area is 182 Å². The van der Waals surface area contributed by atoms with Gasteiger partial charge in [0, 0.05) is 10.5 Å². The number of imide groups is 1. The molecule has 0 spiro atoms. The van der Waals surface area contributed by atoms with Crippen LogP contribution in [0.1, 0.15) is 11.5 Å². The van der Waals surface area contributed by atoms with Crippen molar-refractivity contribution in [2.75, 3.05) is 11.2 Å². The summed E-state index contributed by atoms with van der Waals surface area (Å²) in [5, 5.41) is 13.6. The van der Waals surface area contributed by atoms with Crippen LogP contribution in [0, 0.1) is 6.92 Å². The zero-order chi connectivity index (χ0) is 21.5. The SMILES string of the molecule is CSc1cccc(N2C(=O)C3N=NN(Cc4nc(-c5ccccc5C)no4)C3C2=O)c1. The first-order chi connectivity index (χ1) is 15.1. The first-order valence-electron chi connectivity index (χ1n) is 9.64. The van der Waals surface area contributed by atoms with Gasteiger partial charge in [0.1, 0.15) is 6.54 Å². The van der Waals surface area contributed by atoms with Gasteiger partial charge in [-0.1, -0.05) is 40.7 Å². The molecule has 0 bridgehead atoms. The highest BCUT2D eigenvalue weighted by molar-refractivity contribution is 7.98. The Hall–Kier alpha value is -3.53. The standard InChI is InChI=1S/C21H18N6O3S/c1-12-6-3-4-9-15(12)19-22-16(30-24-19)11-26-18-17(23-25-26)20(28)27(21(18)29)13-7-5-8-14(10-13)31-2/h3-10,17-18H,11H2,1-2H3. The number of carbonyl (C=O) groups excluding carboxylic acids is 2. The number of hydrogen-bond donors (Lipinski definition) is 0. The molecule has 1 aromatic heterocycles. The average molecular weight is 434 g/mol. The van der Waals surface area contributed by atoms with Crippen LogP contribution in [0.5, 0.6) is 0 Å². The largest absolute Gasteiger partial charge is 0.337 e. The Morgan fingerprint density at radius 3 is 2.74 bits per heavy atom. The normalized spacial score (nSPS) is 20.1. The summed E-state index contributed by atoms with van der Waals surface area (Å²) >= 11 is 1.54. The maximum Gasteiger partial charge on any atom is 0.263 e. The monoisotopic (exact) mass is 434 g/mol. The van der Waals surface area contributed by atoms with Crippen molar-refractivity contribution in [3.05, 3.63) is 60.0 Å². The van der Waals surface area contributed by atoms with Crippen molar-refractivity contribution in [2.24, 2.45) is 10.3 Å². The second-order valence-electron chi connectivity index (χ2n) is 7.23. The van der Waals surface area contributed by atoms with E-state index in [2.05, 4.69) is 20.5 Å². The lowest BCUT2D eigenvalue weighted by Gasteiger charge is -2.19. The third-order valence-electron chi connectivity index (χ3n) is 5.32. The average Bonchev–Trinajstić information content (AvgIpc) is 3.47. The van der Waals surface area contributed by atoms with E-state index >= 15 is 0 Å². The van der Waals surface area contributed by atoms with E-state index in [9.17, 15) is 9.59 Å². The van der Waals surface area contributed by atoms with Crippen LogP contribution in [-0.4, -0.2) is 45.3 Å². The number of anilines is 1. The van der Waals surface area contributed by atoms with Gasteiger partial charge in [-0.2, -0.15) is 10.1 Å². The Balaban J connectivity index is 1.37. The maximum atomic E-state index is 13.1. The minimum absolute atomic E-state index is 0.0846. The van der Waals surface area contributed by atoms with Crippen molar-refractivity contribution < 1.29 is 14.1 Å². The van der Waals surface area contributed by atoms with Gasteiger partial charge in [0.2, 0.25) is 11.7 Å². The highest BCUT2D eigenvalue weighted by Gasteiger charge is 2.55. The molecule has 2 amide bonds. The lowest BCUT2D eigenvalue weighted by molar-refractivity contribution is -0.123. The van der Waals surface area contributed by atoms with Crippen LogP contribution in [0.4, 0.5) is 5.69 Å². The molecule has 2 aromatic carbocycles. The summed E-state index contributed by atoms with van der Waals surface area (Å²) in [6.07, 6.45) is 1.94. The van der Waals surface area contributed by atoms with Gasteiger partial charge in [0.05, 0.1) is 5.69 Å². The summed E-state index contributed by atoms with van der Waals surface area (Å²) in [5.74, 6) is 0.00794. The van der Waals surface area contributed by atoms with E-state index in [0.717, 1.165) is 16.0 Å². The van der Waals surface area contributed by atoms with Crippen LogP contribution >= 0.6 is 11.8 Å². The molecule has 156 valence electrons. The molecule has 9 nitrogen and oxygen atoms in total. The minimum atomic E-state index is -0.871. The molecule has 31 heavy (non-hydrogen) atoms. The van der Waals surface area contributed by atoms with E-state index in [1.807, 2.05) is 55.6 Å². The smallest absolute Gasteiger partial charge is 0.263 e. The van der Waals surface area contributed by atoms with E-state index in [0.29, 0.717) is 17.4 Å². The molecule has 2 aliphatic rings. The van der Waals surface area contributed by atoms with Gasteiger partial charge < -0.3 is 4.52 Å². The van der Waals surface area contributed by atoms with Crippen molar-refractivity contribution in [1.82, 2.24) is 15.1 Å². The van der Waals surface area contributed by atoms with Crippen molar-refractivity contribution in [2.45, 2.75) is 30.4 Å². The Kier molecular flexibility index (Phi) is 4.78. The molecule has 3 aromatic rings. The fourth-order valence-corrected chi connectivity index (χ4v) is 4.20. The van der Waals surface area contributed by atoms with Crippen molar-refractivity contribution in [1.29, 1.82) is 0 Å².